The number of nitrogens with zero attached hydrogens (tertiary/aromatic N) is 4. The van der Waals surface area contributed by atoms with Crippen LogP contribution in [-0.2, 0) is 6.54 Å². The number of hydrogen-bond donors (Lipinski definition) is 0. The molecule has 2 aromatic carbocycles. The molecule has 1 aromatic heterocycles. The number of aromatic nitrogens is 4. The van der Waals surface area contributed by atoms with Crippen molar-refractivity contribution in [3.8, 4) is 11.1 Å². The number of hydrogen-bond acceptors (Lipinski definition) is 5. The number of benzene rings is 2. The molecular formula is C17H15BrN4OS. The number of carbonyl (C=O) groups excluding carboxylic acids is 1. The largest absolute Gasteiger partial charge is 0.293 e. The number of rotatable bonds is 6. The minimum absolute atomic E-state index is 0.0630. The molecule has 0 N–H and O–H groups in total. The lowest BCUT2D eigenvalue weighted by atomic mass is 10.0. The van der Waals surface area contributed by atoms with Gasteiger partial charge in [0.15, 0.2) is 5.78 Å². The number of aryl methyl sites for hydroxylation is 1. The fourth-order valence-electron chi connectivity index (χ4n) is 2.20. The zero-order valence-corrected chi connectivity index (χ0v) is 15.4. The van der Waals surface area contributed by atoms with Crippen LogP contribution in [0, 0.1) is 0 Å². The van der Waals surface area contributed by atoms with Crippen molar-refractivity contribution in [1.29, 1.82) is 0 Å². The lowest BCUT2D eigenvalue weighted by Crippen LogP contribution is -2.05. The van der Waals surface area contributed by atoms with Gasteiger partial charge < -0.3 is 0 Å². The Labute approximate surface area is 152 Å². The van der Waals surface area contributed by atoms with Crippen molar-refractivity contribution < 1.29 is 4.79 Å². The van der Waals surface area contributed by atoms with Crippen LogP contribution in [0.5, 0.6) is 0 Å². The van der Waals surface area contributed by atoms with Gasteiger partial charge in [0.05, 0.1) is 5.75 Å². The predicted molar refractivity (Wildman–Crippen MR) is 98.1 cm³/mol. The second kappa shape index (κ2) is 7.72. The molecule has 0 aliphatic carbocycles. The van der Waals surface area contributed by atoms with Gasteiger partial charge in [0.25, 0.3) is 0 Å². The van der Waals surface area contributed by atoms with Crippen LogP contribution in [0.25, 0.3) is 11.1 Å². The topological polar surface area (TPSA) is 60.7 Å². The summed E-state index contributed by atoms with van der Waals surface area (Å²) in [6, 6.07) is 15.8. The van der Waals surface area contributed by atoms with Crippen LogP contribution in [0.15, 0.2) is 58.2 Å². The normalized spacial score (nSPS) is 10.8. The van der Waals surface area contributed by atoms with Crippen molar-refractivity contribution in [2.45, 2.75) is 18.6 Å². The number of Topliss-reactive ketones (excluding diaryl/α,β-unsaturated/α-hetero) is 1. The maximum atomic E-state index is 12.3. The van der Waals surface area contributed by atoms with Crippen LogP contribution < -0.4 is 0 Å². The Hall–Kier alpha value is -1.99. The van der Waals surface area contributed by atoms with Gasteiger partial charge in [0.2, 0.25) is 5.16 Å². The highest BCUT2D eigenvalue weighted by Gasteiger charge is 2.11. The zero-order chi connectivity index (χ0) is 16.9. The summed E-state index contributed by atoms with van der Waals surface area (Å²) in [7, 11) is 0. The fourth-order valence-corrected chi connectivity index (χ4v) is 3.30. The summed E-state index contributed by atoms with van der Waals surface area (Å²) < 4.78 is 2.72. The van der Waals surface area contributed by atoms with Gasteiger partial charge in [-0.25, -0.2) is 4.68 Å². The summed E-state index contributed by atoms with van der Waals surface area (Å²) >= 11 is 4.79. The summed E-state index contributed by atoms with van der Waals surface area (Å²) in [4.78, 5) is 12.3. The maximum Gasteiger partial charge on any atom is 0.209 e. The Morgan fingerprint density at radius 1 is 1.08 bits per heavy atom. The van der Waals surface area contributed by atoms with Gasteiger partial charge in [-0.15, -0.1) is 5.10 Å². The Morgan fingerprint density at radius 3 is 2.33 bits per heavy atom. The lowest BCUT2D eigenvalue weighted by Gasteiger charge is -2.05. The number of tetrazole rings is 1. The van der Waals surface area contributed by atoms with E-state index in [2.05, 4.69) is 31.5 Å². The first-order valence-electron chi connectivity index (χ1n) is 7.45. The van der Waals surface area contributed by atoms with Gasteiger partial charge in [-0.3, -0.25) is 4.79 Å². The number of carbonyl (C=O) groups is 1. The van der Waals surface area contributed by atoms with Crippen molar-refractivity contribution >= 4 is 33.5 Å². The SMILES string of the molecule is CCn1nnnc1SCC(=O)c1ccc(-c2ccc(Br)cc2)cc1. The van der Waals surface area contributed by atoms with E-state index in [0.29, 0.717) is 23.0 Å². The van der Waals surface area contributed by atoms with Gasteiger partial charge in [0.1, 0.15) is 0 Å². The first-order chi connectivity index (χ1) is 11.7. The molecule has 0 amide bonds. The summed E-state index contributed by atoms with van der Waals surface area (Å²) in [6.45, 7) is 2.65. The molecule has 5 nitrogen and oxygen atoms in total. The molecule has 3 rings (SSSR count). The number of ketones is 1. The molecule has 0 saturated carbocycles. The summed E-state index contributed by atoms with van der Waals surface area (Å²) in [5.41, 5.74) is 2.90. The molecule has 0 unspecified atom stereocenters. The smallest absolute Gasteiger partial charge is 0.209 e. The molecule has 0 aliphatic rings. The Kier molecular flexibility index (Phi) is 5.42. The van der Waals surface area contributed by atoms with Crippen LogP contribution in [0.4, 0.5) is 0 Å². The molecule has 3 aromatic rings. The molecule has 1 heterocycles. The fraction of sp³-hybridized carbons (Fsp3) is 0.176. The monoisotopic (exact) mass is 402 g/mol. The predicted octanol–water partition coefficient (Wildman–Crippen LogP) is 4.10. The standard InChI is InChI=1S/C17H15BrN4OS/c1-2-22-17(19-20-21-22)24-11-16(23)14-5-3-12(4-6-14)13-7-9-15(18)10-8-13/h3-10H,2,11H2,1H3. The number of halogens is 1. The van der Waals surface area contributed by atoms with E-state index in [-0.39, 0.29) is 5.78 Å². The first-order valence-corrected chi connectivity index (χ1v) is 9.23. The molecule has 0 radical (unpaired) electrons. The van der Waals surface area contributed by atoms with Crippen molar-refractivity contribution in [3.05, 3.63) is 58.6 Å². The Bertz CT molecular complexity index is 831. The maximum absolute atomic E-state index is 12.3. The summed E-state index contributed by atoms with van der Waals surface area (Å²) in [5, 5.41) is 12.1. The van der Waals surface area contributed by atoms with E-state index in [1.165, 1.54) is 11.8 Å². The average Bonchev–Trinajstić information content (AvgIpc) is 3.08. The highest BCUT2D eigenvalue weighted by atomic mass is 79.9. The second-order valence-electron chi connectivity index (χ2n) is 5.07. The first kappa shape index (κ1) is 16.9. The minimum Gasteiger partial charge on any atom is -0.293 e. The third kappa shape index (κ3) is 3.91. The molecule has 0 bridgehead atoms. The molecule has 24 heavy (non-hydrogen) atoms. The van der Waals surface area contributed by atoms with Crippen LogP contribution in [0.2, 0.25) is 0 Å². The van der Waals surface area contributed by atoms with E-state index in [4.69, 9.17) is 0 Å². The molecule has 122 valence electrons. The summed E-state index contributed by atoms with van der Waals surface area (Å²) in [5.74, 6) is 0.380. The van der Waals surface area contributed by atoms with E-state index < -0.39 is 0 Å². The molecule has 0 aliphatic heterocycles. The zero-order valence-electron chi connectivity index (χ0n) is 13.0. The molecule has 0 spiro atoms. The van der Waals surface area contributed by atoms with E-state index in [0.717, 1.165) is 15.6 Å². The van der Waals surface area contributed by atoms with Crippen LogP contribution in [0.3, 0.4) is 0 Å². The minimum atomic E-state index is 0.0630. The van der Waals surface area contributed by atoms with Gasteiger partial charge in [-0.2, -0.15) is 0 Å². The van der Waals surface area contributed by atoms with E-state index in [9.17, 15) is 4.79 Å². The van der Waals surface area contributed by atoms with Crippen LogP contribution in [-0.4, -0.2) is 31.7 Å². The van der Waals surface area contributed by atoms with Crippen molar-refractivity contribution in [3.63, 3.8) is 0 Å². The summed E-state index contributed by atoms with van der Waals surface area (Å²) in [6.07, 6.45) is 0. The highest BCUT2D eigenvalue weighted by molar-refractivity contribution is 9.10. The molecular weight excluding hydrogens is 388 g/mol. The van der Waals surface area contributed by atoms with Crippen molar-refractivity contribution in [1.82, 2.24) is 20.2 Å². The van der Waals surface area contributed by atoms with E-state index in [1.807, 2.05) is 55.5 Å². The number of thioether (sulfide) groups is 1. The quantitative estimate of drug-likeness (QED) is 0.458. The Morgan fingerprint density at radius 2 is 1.71 bits per heavy atom. The van der Waals surface area contributed by atoms with Gasteiger partial charge >= 0.3 is 0 Å². The van der Waals surface area contributed by atoms with Gasteiger partial charge in [0, 0.05) is 16.6 Å². The molecule has 0 saturated heterocycles. The van der Waals surface area contributed by atoms with Crippen LogP contribution in [0.1, 0.15) is 17.3 Å². The molecule has 0 atom stereocenters. The van der Waals surface area contributed by atoms with Crippen molar-refractivity contribution in [2.75, 3.05) is 5.75 Å². The second-order valence-corrected chi connectivity index (χ2v) is 6.93. The third-order valence-corrected chi connectivity index (χ3v) is 5.00. The highest BCUT2D eigenvalue weighted by Crippen LogP contribution is 2.23. The molecule has 7 heteroatoms. The lowest BCUT2D eigenvalue weighted by molar-refractivity contribution is 0.102. The van der Waals surface area contributed by atoms with E-state index in [1.54, 1.807) is 4.68 Å². The van der Waals surface area contributed by atoms with Gasteiger partial charge in [-0.1, -0.05) is 64.1 Å². The average molecular weight is 403 g/mol. The molecule has 0 fully saturated rings. The van der Waals surface area contributed by atoms with Crippen LogP contribution >= 0.6 is 27.7 Å². The van der Waals surface area contributed by atoms with Crippen molar-refractivity contribution in [2.24, 2.45) is 0 Å². The van der Waals surface area contributed by atoms with E-state index >= 15 is 0 Å². The van der Waals surface area contributed by atoms with Gasteiger partial charge in [-0.05, 0) is 40.6 Å². The third-order valence-electron chi connectivity index (χ3n) is 3.52. The Balaban J connectivity index is 1.66.